The van der Waals surface area contributed by atoms with E-state index in [1.807, 2.05) is 19.2 Å². The Morgan fingerprint density at radius 1 is 1.21 bits per heavy atom. The molecule has 2 heteroatoms. The van der Waals surface area contributed by atoms with E-state index in [0.717, 1.165) is 18.4 Å². The fourth-order valence-electron chi connectivity index (χ4n) is 1.93. The molecule has 0 aliphatic carbocycles. The van der Waals surface area contributed by atoms with E-state index in [9.17, 15) is 4.39 Å². The molecule has 80 valence electrons. The summed E-state index contributed by atoms with van der Waals surface area (Å²) in [5.74, 6) is -0.175. The lowest BCUT2D eigenvalue weighted by atomic mass is 9.85. The Bertz CT molecular complexity index is 272. The molecule has 0 unspecified atom stereocenters. The maximum atomic E-state index is 12.8. The van der Waals surface area contributed by atoms with Crippen LogP contribution in [0, 0.1) is 5.82 Å². The lowest BCUT2D eigenvalue weighted by Gasteiger charge is -2.32. The van der Waals surface area contributed by atoms with Gasteiger partial charge in [-0.2, -0.15) is 0 Å². The Hall–Kier alpha value is -0.890. The number of nitrogens with one attached hydrogen (secondary N) is 1. The van der Waals surface area contributed by atoms with Crippen molar-refractivity contribution in [1.29, 1.82) is 0 Å². The molecule has 0 bridgehead atoms. The summed E-state index contributed by atoms with van der Waals surface area (Å²) in [5, 5.41) is 3.33. The monoisotopic (exact) mass is 197 g/mol. The van der Waals surface area contributed by atoms with Gasteiger partial charge in [-0.1, -0.05) is 26.0 Å². The van der Waals surface area contributed by atoms with Crippen molar-refractivity contribution in [3.05, 3.63) is 35.6 Å². The van der Waals surface area contributed by atoms with Gasteiger partial charge in [0.1, 0.15) is 5.82 Å². The molecule has 1 nitrogen and oxygen atoms in total. The van der Waals surface area contributed by atoms with Crippen molar-refractivity contribution < 1.29 is 5.82 Å². The molecule has 0 atom stereocenters. The number of rotatable bonds is 4. The molecule has 0 amide bonds. The summed E-state index contributed by atoms with van der Waals surface area (Å²) >= 11 is 0. The first kappa shape index (κ1) is 11.2. The van der Waals surface area contributed by atoms with Gasteiger partial charge in [0.25, 0.3) is 0 Å². The van der Waals surface area contributed by atoms with Crippen molar-refractivity contribution in [3.63, 3.8) is 0 Å². The second kappa shape index (κ2) is 4.56. The zero-order valence-corrected chi connectivity index (χ0v) is 9.10. The maximum absolute atomic E-state index is 12.8. The molecular formula is C12H20FN. The van der Waals surface area contributed by atoms with Crippen LogP contribution in [0.5, 0.6) is 0 Å². The fourth-order valence-corrected chi connectivity index (χ4v) is 1.93. The third kappa shape index (κ3) is 1.95. The van der Waals surface area contributed by atoms with Crippen molar-refractivity contribution in [1.82, 2.24) is 5.32 Å². The maximum Gasteiger partial charge on any atom is 0.123 e. The molecule has 0 aliphatic heterocycles. The van der Waals surface area contributed by atoms with Gasteiger partial charge in [0, 0.05) is 6.97 Å². The van der Waals surface area contributed by atoms with Crippen LogP contribution in [-0.2, 0) is 5.54 Å². The van der Waals surface area contributed by atoms with Crippen LogP contribution in [-0.4, -0.2) is 7.05 Å². The highest BCUT2D eigenvalue weighted by atomic mass is 19.1. The Balaban J connectivity index is 0.00000196. The van der Waals surface area contributed by atoms with E-state index >= 15 is 0 Å². The quantitative estimate of drug-likeness (QED) is 0.781. The van der Waals surface area contributed by atoms with Gasteiger partial charge in [0.2, 0.25) is 0 Å². The SMILES string of the molecule is CCC(CC)(NC)c1ccc(F)cc1.[HH]. The average Bonchev–Trinajstić information content (AvgIpc) is 2.24. The molecule has 0 radical (unpaired) electrons. The molecule has 0 heterocycles. The van der Waals surface area contributed by atoms with Gasteiger partial charge in [-0.25, -0.2) is 4.39 Å². The van der Waals surface area contributed by atoms with Crippen molar-refractivity contribution in [2.75, 3.05) is 7.05 Å². The van der Waals surface area contributed by atoms with Gasteiger partial charge in [-0.05, 0) is 37.6 Å². The standard InChI is InChI=1S/C12H18FN.H2/c1-4-12(5-2,14-3)10-6-8-11(13)9-7-10;/h6-9,14H,4-5H2,1-3H3;1H. The summed E-state index contributed by atoms with van der Waals surface area (Å²) in [6.45, 7) is 4.28. The lowest BCUT2D eigenvalue weighted by molar-refractivity contribution is 0.334. The van der Waals surface area contributed by atoms with Gasteiger partial charge in [-0.15, -0.1) is 0 Å². The summed E-state index contributed by atoms with van der Waals surface area (Å²) in [5.41, 5.74) is 1.15. The van der Waals surface area contributed by atoms with E-state index in [2.05, 4.69) is 19.2 Å². The summed E-state index contributed by atoms with van der Waals surface area (Å²) < 4.78 is 12.8. The van der Waals surface area contributed by atoms with Gasteiger partial charge >= 0.3 is 0 Å². The minimum atomic E-state index is -0.175. The summed E-state index contributed by atoms with van der Waals surface area (Å²) in [6.07, 6.45) is 2.01. The number of benzene rings is 1. The van der Waals surface area contributed by atoms with Crippen LogP contribution in [0.2, 0.25) is 0 Å². The highest BCUT2D eigenvalue weighted by Gasteiger charge is 2.25. The highest BCUT2D eigenvalue weighted by molar-refractivity contribution is 5.24. The van der Waals surface area contributed by atoms with Crippen LogP contribution in [0.1, 0.15) is 33.7 Å². The molecule has 0 aromatic heterocycles. The van der Waals surface area contributed by atoms with E-state index in [1.165, 1.54) is 12.1 Å². The fraction of sp³-hybridized carbons (Fsp3) is 0.500. The number of hydrogen-bond donors (Lipinski definition) is 1. The second-order valence-corrected chi connectivity index (χ2v) is 3.55. The van der Waals surface area contributed by atoms with E-state index in [4.69, 9.17) is 0 Å². The first-order valence-corrected chi connectivity index (χ1v) is 5.13. The van der Waals surface area contributed by atoms with Gasteiger partial charge in [0.15, 0.2) is 0 Å². The van der Waals surface area contributed by atoms with Crippen molar-refractivity contribution in [2.45, 2.75) is 32.2 Å². The molecule has 0 saturated heterocycles. The largest absolute Gasteiger partial charge is 0.310 e. The normalized spacial score (nSPS) is 11.7. The first-order valence-electron chi connectivity index (χ1n) is 5.13. The van der Waals surface area contributed by atoms with Crippen LogP contribution in [0.4, 0.5) is 4.39 Å². The molecule has 0 saturated carbocycles. The van der Waals surface area contributed by atoms with Crippen LogP contribution in [0.15, 0.2) is 24.3 Å². The van der Waals surface area contributed by atoms with E-state index < -0.39 is 0 Å². The molecule has 0 fully saturated rings. The van der Waals surface area contributed by atoms with Gasteiger partial charge in [-0.3, -0.25) is 0 Å². The molecular weight excluding hydrogens is 177 g/mol. The molecule has 1 N–H and O–H groups in total. The highest BCUT2D eigenvalue weighted by Crippen LogP contribution is 2.28. The zero-order chi connectivity index (χ0) is 10.6. The Labute approximate surface area is 86.8 Å². The predicted octanol–water partition coefficient (Wildman–Crippen LogP) is 3.31. The minimum absolute atomic E-state index is 0. The smallest absolute Gasteiger partial charge is 0.123 e. The summed E-state index contributed by atoms with van der Waals surface area (Å²) in [7, 11) is 1.95. The summed E-state index contributed by atoms with van der Waals surface area (Å²) in [4.78, 5) is 0. The molecule has 0 spiro atoms. The minimum Gasteiger partial charge on any atom is -0.310 e. The number of halogens is 1. The molecule has 1 aromatic rings. The van der Waals surface area contributed by atoms with Crippen molar-refractivity contribution in [2.24, 2.45) is 0 Å². The third-order valence-electron chi connectivity index (χ3n) is 3.08. The van der Waals surface area contributed by atoms with Crippen LogP contribution >= 0.6 is 0 Å². The van der Waals surface area contributed by atoms with Crippen molar-refractivity contribution in [3.8, 4) is 0 Å². The average molecular weight is 197 g/mol. The Morgan fingerprint density at radius 3 is 2.07 bits per heavy atom. The molecule has 0 aliphatic rings. The van der Waals surface area contributed by atoms with Crippen LogP contribution in [0.25, 0.3) is 0 Å². The Morgan fingerprint density at radius 2 is 1.71 bits per heavy atom. The Kier molecular flexibility index (Phi) is 3.64. The summed E-state index contributed by atoms with van der Waals surface area (Å²) in [6, 6.07) is 6.76. The zero-order valence-electron chi connectivity index (χ0n) is 9.10. The predicted molar refractivity (Wildman–Crippen MR) is 59.8 cm³/mol. The lowest BCUT2D eigenvalue weighted by Crippen LogP contribution is -2.38. The second-order valence-electron chi connectivity index (χ2n) is 3.55. The molecule has 1 rings (SSSR count). The molecule has 1 aromatic carbocycles. The first-order chi connectivity index (χ1) is 6.68. The van der Waals surface area contributed by atoms with E-state index in [0.29, 0.717) is 0 Å². The van der Waals surface area contributed by atoms with E-state index in [-0.39, 0.29) is 12.8 Å². The van der Waals surface area contributed by atoms with Crippen LogP contribution < -0.4 is 5.32 Å². The van der Waals surface area contributed by atoms with E-state index in [1.54, 1.807) is 0 Å². The number of hydrogen-bond acceptors (Lipinski definition) is 1. The molecule has 14 heavy (non-hydrogen) atoms. The van der Waals surface area contributed by atoms with Gasteiger partial charge in [0.05, 0.1) is 0 Å². The van der Waals surface area contributed by atoms with Gasteiger partial charge < -0.3 is 5.32 Å². The van der Waals surface area contributed by atoms with Crippen molar-refractivity contribution >= 4 is 0 Å². The third-order valence-corrected chi connectivity index (χ3v) is 3.08. The topological polar surface area (TPSA) is 12.0 Å². The van der Waals surface area contributed by atoms with Crippen LogP contribution in [0.3, 0.4) is 0 Å².